The summed E-state index contributed by atoms with van der Waals surface area (Å²) in [5.41, 5.74) is 0.556. The number of para-hydroxylation sites is 2. The first-order valence-electron chi connectivity index (χ1n) is 5.59. The van der Waals surface area contributed by atoms with Crippen LogP contribution in [0.1, 0.15) is 4.88 Å². The molecule has 19 heavy (non-hydrogen) atoms. The average Bonchev–Trinajstić information content (AvgIpc) is 2.87. The van der Waals surface area contributed by atoms with Gasteiger partial charge in [0.2, 0.25) is 0 Å². The largest absolute Gasteiger partial charge is 0.482 e. The molecule has 0 aliphatic rings. The minimum atomic E-state index is -4.33. The molecule has 2 nitrogen and oxygen atoms in total. The topological polar surface area (TPSA) is 21.3 Å². The van der Waals surface area contributed by atoms with Crippen molar-refractivity contribution in [1.29, 1.82) is 0 Å². The van der Waals surface area contributed by atoms with Gasteiger partial charge >= 0.3 is 6.18 Å². The molecule has 0 aliphatic carbocycles. The summed E-state index contributed by atoms with van der Waals surface area (Å²) in [5, 5.41) is 5.02. The highest BCUT2D eigenvalue weighted by molar-refractivity contribution is 7.09. The Hall–Kier alpha value is -1.69. The fourth-order valence-corrected chi connectivity index (χ4v) is 2.14. The van der Waals surface area contributed by atoms with Crippen LogP contribution in [0.3, 0.4) is 0 Å². The zero-order valence-corrected chi connectivity index (χ0v) is 10.7. The molecule has 0 fully saturated rings. The summed E-state index contributed by atoms with van der Waals surface area (Å²) < 4.78 is 41.2. The molecule has 0 radical (unpaired) electrons. The third kappa shape index (κ3) is 4.48. The quantitative estimate of drug-likeness (QED) is 0.885. The summed E-state index contributed by atoms with van der Waals surface area (Å²) in [7, 11) is 0. The summed E-state index contributed by atoms with van der Waals surface area (Å²) in [6, 6.07) is 10.5. The molecule has 0 aliphatic heterocycles. The van der Waals surface area contributed by atoms with E-state index in [9.17, 15) is 13.2 Å². The van der Waals surface area contributed by atoms with E-state index in [0.717, 1.165) is 4.88 Å². The Morgan fingerprint density at radius 3 is 2.58 bits per heavy atom. The number of rotatable bonds is 5. The van der Waals surface area contributed by atoms with Crippen molar-refractivity contribution in [2.45, 2.75) is 12.7 Å². The third-order valence-electron chi connectivity index (χ3n) is 2.31. The number of benzene rings is 1. The smallest absolute Gasteiger partial charge is 0.422 e. The van der Waals surface area contributed by atoms with Gasteiger partial charge < -0.3 is 10.1 Å². The Kier molecular flexibility index (Phi) is 4.31. The number of ether oxygens (including phenoxy) is 1. The number of hydrogen-bond acceptors (Lipinski definition) is 3. The van der Waals surface area contributed by atoms with Gasteiger partial charge in [-0.05, 0) is 23.6 Å². The van der Waals surface area contributed by atoms with Crippen LogP contribution in [0.4, 0.5) is 18.9 Å². The predicted octanol–water partition coefficient (Wildman–Crippen LogP) is 4.30. The molecule has 1 aromatic heterocycles. The van der Waals surface area contributed by atoms with Gasteiger partial charge in [-0.3, -0.25) is 0 Å². The number of thiophene rings is 1. The number of hydrogen-bond donors (Lipinski definition) is 1. The molecule has 0 saturated carbocycles. The zero-order valence-electron chi connectivity index (χ0n) is 9.91. The maximum absolute atomic E-state index is 12.1. The van der Waals surface area contributed by atoms with Crippen LogP contribution in [0.15, 0.2) is 41.8 Å². The van der Waals surface area contributed by atoms with E-state index in [2.05, 4.69) is 5.32 Å². The molecule has 0 amide bonds. The van der Waals surface area contributed by atoms with Gasteiger partial charge in [0, 0.05) is 11.4 Å². The Morgan fingerprint density at radius 2 is 1.89 bits per heavy atom. The highest BCUT2D eigenvalue weighted by Gasteiger charge is 2.28. The van der Waals surface area contributed by atoms with E-state index in [1.807, 2.05) is 17.5 Å². The maximum atomic E-state index is 12.1. The van der Waals surface area contributed by atoms with Gasteiger partial charge in [0.05, 0.1) is 5.69 Å². The molecular formula is C13H12F3NOS. The average molecular weight is 287 g/mol. The van der Waals surface area contributed by atoms with E-state index in [4.69, 9.17) is 4.74 Å². The van der Waals surface area contributed by atoms with E-state index in [-0.39, 0.29) is 5.75 Å². The minimum Gasteiger partial charge on any atom is -0.482 e. The molecule has 0 atom stereocenters. The monoisotopic (exact) mass is 287 g/mol. The normalized spacial score (nSPS) is 11.3. The van der Waals surface area contributed by atoms with E-state index in [1.165, 1.54) is 6.07 Å². The molecule has 0 unspecified atom stereocenters. The number of nitrogens with one attached hydrogen (secondary N) is 1. The highest BCUT2D eigenvalue weighted by Crippen LogP contribution is 2.27. The lowest BCUT2D eigenvalue weighted by Gasteiger charge is -2.14. The van der Waals surface area contributed by atoms with Crippen LogP contribution in [0.25, 0.3) is 0 Å². The molecule has 0 bridgehead atoms. The molecule has 1 aromatic carbocycles. The number of anilines is 1. The second-order valence-corrected chi connectivity index (χ2v) is 4.87. The van der Waals surface area contributed by atoms with Crippen molar-refractivity contribution in [2.24, 2.45) is 0 Å². The van der Waals surface area contributed by atoms with Gasteiger partial charge in [-0.15, -0.1) is 11.3 Å². The molecule has 0 saturated heterocycles. The maximum Gasteiger partial charge on any atom is 0.422 e. The van der Waals surface area contributed by atoms with Crippen molar-refractivity contribution in [3.63, 3.8) is 0 Å². The van der Waals surface area contributed by atoms with E-state index < -0.39 is 12.8 Å². The summed E-state index contributed by atoms with van der Waals surface area (Å²) in [4.78, 5) is 1.10. The van der Waals surface area contributed by atoms with Crippen molar-refractivity contribution in [2.75, 3.05) is 11.9 Å². The second kappa shape index (κ2) is 5.97. The molecule has 1 N–H and O–H groups in total. The lowest BCUT2D eigenvalue weighted by atomic mass is 10.3. The molecule has 2 aromatic rings. The van der Waals surface area contributed by atoms with Crippen LogP contribution in [0.5, 0.6) is 5.75 Å². The Bertz CT molecular complexity index is 511. The Labute approximate surface area is 112 Å². The van der Waals surface area contributed by atoms with Crippen molar-refractivity contribution < 1.29 is 17.9 Å². The van der Waals surface area contributed by atoms with Crippen molar-refractivity contribution in [3.05, 3.63) is 46.7 Å². The van der Waals surface area contributed by atoms with Gasteiger partial charge in [-0.2, -0.15) is 13.2 Å². The minimum absolute atomic E-state index is 0.205. The first-order chi connectivity index (χ1) is 9.04. The van der Waals surface area contributed by atoms with E-state index in [0.29, 0.717) is 12.2 Å². The van der Waals surface area contributed by atoms with Crippen LogP contribution >= 0.6 is 11.3 Å². The van der Waals surface area contributed by atoms with E-state index in [1.54, 1.807) is 29.5 Å². The SMILES string of the molecule is FC(F)(F)COc1ccccc1NCc1cccs1. The molecule has 0 spiro atoms. The van der Waals surface area contributed by atoms with Gasteiger partial charge in [0.1, 0.15) is 5.75 Å². The van der Waals surface area contributed by atoms with Gasteiger partial charge in [0.25, 0.3) is 0 Å². The lowest BCUT2D eigenvalue weighted by Crippen LogP contribution is -2.19. The zero-order chi connectivity index (χ0) is 13.7. The summed E-state index contributed by atoms with van der Waals surface area (Å²) in [5.74, 6) is 0.205. The van der Waals surface area contributed by atoms with Crippen molar-refractivity contribution >= 4 is 17.0 Å². The lowest BCUT2D eigenvalue weighted by molar-refractivity contribution is -0.153. The summed E-state index contributed by atoms with van der Waals surface area (Å²) in [6.07, 6.45) is -4.33. The van der Waals surface area contributed by atoms with Crippen LogP contribution in [0.2, 0.25) is 0 Å². The van der Waals surface area contributed by atoms with Crippen LogP contribution in [-0.4, -0.2) is 12.8 Å². The van der Waals surface area contributed by atoms with Crippen LogP contribution < -0.4 is 10.1 Å². The van der Waals surface area contributed by atoms with Gasteiger partial charge in [-0.25, -0.2) is 0 Å². The Balaban J connectivity index is 1.99. The molecule has 1 heterocycles. The van der Waals surface area contributed by atoms with Crippen molar-refractivity contribution in [3.8, 4) is 5.75 Å². The molecule has 102 valence electrons. The van der Waals surface area contributed by atoms with Crippen LogP contribution in [-0.2, 0) is 6.54 Å². The molecule has 2 rings (SSSR count). The summed E-state index contributed by atoms with van der Waals surface area (Å²) in [6.45, 7) is -0.727. The number of halogens is 3. The van der Waals surface area contributed by atoms with E-state index >= 15 is 0 Å². The third-order valence-corrected chi connectivity index (χ3v) is 3.19. The Morgan fingerprint density at radius 1 is 1.11 bits per heavy atom. The number of alkyl halides is 3. The first kappa shape index (κ1) is 13.7. The van der Waals surface area contributed by atoms with Crippen LogP contribution in [0, 0.1) is 0 Å². The molecule has 6 heteroatoms. The highest BCUT2D eigenvalue weighted by atomic mass is 32.1. The fourth-order valence-electron chi connectivity index (χ4n) is 1.49. The predicted molar refractivity (Wildman–Crippen MR) is 69.6 cm³/mol. The standard InChI is InChI=1S/C13H12F3NOS/c14-13(15,16)9-18-12-6-2-1-5-11(12)17-8-10-4-3-7-19-10/h1-7,17H,8-9H2. The van der Waals surface area contributed by atoms with Gasteiger partial charge in [0.15, 0.2) is 6.61 Å². The summed E-state index contributed by atoms with van der Waals surface area (Å²) >= 11 is 1.58. The van der Waals surface area contributed by atoms with Crippen molar-refractivity contribution in [1.82, 2.24) is 0 Å². The molecular weight excluding hydrogens is 275 g/mol. The second-order valence-electron chi connectivity index (χ2n) is 3.83. The fraction of sp³-hybridized carbons (Fsp3) is 0.231. The first-order valence-corrected chi connectivity index (χ1v) is 6.47. The van der Waals surface area contributed by atoms with Gasteiger partial charge in [-0.1, -0.05) is 18.2 Å².